The maximum absolute atomic E-state index is 15.3. The van der Waals surface area contributed by atoms with E-state index in [4.69, 9.17) is 4.74 Å². The molecule has 5 aromatic rings. The first-order chi connectivity index (χ1) is 21.5. The molecule has 0 saturated heterocycles. The molecule has 0 bridgehead atoms. The second-order valence-electron chi connectivity index (χ2n) is 11.7. The average Bonchev–Trinajstić information content (AvgIpc) is 3.01. The zero-order valence-electron chi connectivity index (χ0n) is 25.9. The highest BCUT2D eigenvalue weighted by Gasteiger charge is 2.21. The molecule has 3 aromatic heterocycles. The molecule has 0 aliphatic rings. The Morgan fingerprint density at radius 1 is 1.04 bits per heavy atom. The molecule has 11 nitrogen and oxygen atoms in total. The highest BCUT2D eigenvalue weighted by atomic mass is 19.1. The van der Waals surface area contributed by atoms with Crippen LogP contribution in [0.15, 0.2) is 70.5 Å². The van der Waals surface area contributed by atoms with Crippen molar-refractivity contribution in [3.05, 3.63) is 104 Å². The minimum Gasteiger partial charge on any atom is -0.392 e. The van der Waals surface area contributed by atoms with Gasteiger partial charge in [-0.15, -0.1) is 0 Å². The monoisotopic (exact) mass is 613 g/mol. The quantitative estimate of drug-likeness (QED) is 0.200. The van der Waals surface area contributed by atoms with Crippen LogP contribution in [-0.4, -0.2) is 49.9 Å². The van der Waals surface area contributed by atoms with Crippen LogP contribution in [0.4, 0.5) is 15.9 Å². The van der Waals surface area contributed by atoms with Crippen molar-refractivity contribution in [3.8, 4) is 16.9 Å². The molecule has 45 heavy (non-hydrogen) atoms. The fraction of sp³-hybridized carbons (Fsp3) is 0.303. The molecule has 5 rings (SSSR count). The molecule has 0 spiro atoms. The van der Waals surface area contributed by atoms with Gasteiger partial charge < -0.3 is 20.5 Å². The largest absolute Gasteiger partial charge is 0.392 e. The zero-order valence-corrected chi connectivity index (χ0v) is 25.9. The highest BCUT2D eigenvalue weighted by molar-refractivity contribution is 5.83. The number of nitrogens with zero attached hydrogens (tertiary/aromatic N) is 5. The first-order valence-electron chi connectivity index (χ1n) is 14.5. The molecule has 0 aliphatic carbocycles. The number of aliphatic hydroxyl groups is 1. The van der Waals surface area contributed by atoms with Crippen LogP contribution in [0.3, 0.4) is 0 Å². The van der Waals surface area contributed by atoms with Crippen molar-refractivity contribution in [2.45, 2.75) is 39.3 Å². The Morgan fingerprint density at radius 3 is 2.53 bits per heavy atom. The number of hydrogen-bond donors (Lipinski definition) is 3. The molecular formula is C33H36FN7O4. The second-order valence-corrected chi connectivity index (χ2v) is 11.7. The van der Waals surface area contributed by atoms with Crippen LogP contribution in [0.5, 0.6) is 0 Å². The number of anilines is 2. The minimum atomic E-state index is -0.656. The van der Waals surface area contributed by atoms with Crippen molar-refractivity contribution in [1.29, 1.82) is 0 Å². The molecule has 0 fully saturated rings. The smallest absolute Gasteiger partial charge is 0.290 e. The SMILES string of the molecule is COCCNCc1ccc(Nc2cc(-c3cccc(-n4ncc5cc(C(C)(C)C)cc(F)c5c4=O)c3CO)nn(C)c2=O)nc1. The number of aryl methyl sites for hydroxylation is 1. The normalized spacial score (nSPS) is 11.7. The van der Waals surface area contributed by atoms with Gasteiger partial charge in [0.1, 0.15) is 17.3 Å². The topological polar surface area (TPSA) is 136 Å². The number of fused-ring (bicyclic) bond motifs is 1. The van der Waals surface area contributed by atoms with Crippen LogP contribution in [0.2, 0.25) is 0 Å². The van der Waals surface area contributed by atoms with Gasteiger partial charge in [0.15, 0.2) is 0 Å². The van der Waals surface area contributed by atoms with Crippen molar-refractivity contribution >= 4 is 22.3 Å². The summed E-state index contributed by atoms with van der Waals surface area (Å²) in [6.45, 7) is 7.36. The molecule has 0 aliphatic heterocycles. The van der Waals surface area contributed by atoms with Gasteiger partial charge >= 0.3 is 0 Å². The van der Waals surface area contributed by atoms with E-state index < -0.39 is 18.0 Å². The number of methoxy groups -OCH3 is 1. The van der Waals surface area contributed by atoms with Crippen LogP contribution < -0.4 is 21.8 Å². The fourth-order valence-electron chi connectivity index (χ4n) is 5.00. The lowest BCUT2D eigenvalue weighted by atomic mass is 9.86. The molecule has 0 amide bonds. The number of hydrogen-bond acceptors (Lipinski definition) is 9. The van der Waals surface area contributed by atoms with Crippen LogP contribution >= 0.6 is 0 Å². The molecule has 0 unspecified atom stereocenters. The molecule has 0 atom stereocenters. The van der Waals surface area contributed by atoms with E-state index in [-0.39, 0.29) is 27.7 Å². The van der Waals surface area contributed by atoms with Crippen molar-refractivity contribution in [2.75, 3.05) is 25.6 Å². The van der Waals surface area contributed by atoms with Crippen LogP contribution in [0.25, 0.3) is 27.7 Å². The van der Waals surface area contributed by atoms with Gasteiger partial charge in [-0.25, -0.2) is 14.1 Å². The fourth-order valence-corrected chi connectivity index (χ4v) is 5.00. The number of aliphatic hydroxyl groups excluding tert-OH is 1. The number of benzene rings is 2. The number of halogens is 1. The van der Waals surface area contributed by atoms with Crippen molar-refractivity contribution in [3.63, 3.8) is 0 Å². The summed E-state index contributed by atoms with van der Waals surface area (Å²) in [6, 6.07) is 13.4. The molecule has 12 heteroatoms. The molecular weight excluding hydrogens is 577 g/mol. The van der Waals surface area contributed by atoms with Gasteiger partial charge in [-0.05, 0) is 46.9 Å². The van der Waals surface area contributed by atoms with Gasteiger partial charge in [0.05, 0.1) is 36.2 Å². The van der Waals surface area contributed by atoms with Crippen LogP contribution in [0.1, 0.15) is 37.5 Å². The van der Waals surface area contributed by atoms with E-state index in [0.29, 0.717) is 47.7 Å². The van der Waals surface area contributed by atoms with Gasteiger partial charge in [-0.1, -0.05) is 39.0 Å². The first kappa shape index (κ1) is 31.6. The summed E-state index contributed by atoms with van der Waals surface area (Å²) in [5, 5.41) is 25.9. The number of ether oxygens (including phenoxy) is 1. The Hall–Kier alpha value is -4.78. The summed E-state index contributed by atoms with van der Waals surface area (Å²) < 4.78 is 22.6. The van der Waals surface area contributed by atoms with Crippen molar-refractivity contribution in [1.82, 2.24) is 29.9 Å². The summed E-state index contributed by atoms with van der Waals surface area (Å²) in [6.07, 6.45) is 3.16. The molecule has 2 aromatic carbocycles. The maximum Gasteiger partial charge on any atom is 0.290 e. The molecule has 0 radical (unpaired) electrons. The molecule has 0 saturated carbocycles. The number of aromatic nitrogens is 5. The van der Waals surface area contributed by atoms with E-state index in [2.05, 4.69) is 25.8 Å². The zero-order chi connectivity index (χ0) is 32.3. The van der Waals surface area contributed by atoms with E-state index in [9.17, 15) is 14.7 Å². The Labute approximate surface area is 259 Å². The van der Waals surface area contributed by atoms with E-state index in [1.165, 1.54) is 24.0 Å². The Bertz CT molecular complexity index is 1960. The minimum absolute atomic E-state index is 0.0942. The van der Waals surface area contributed by atoms with Gasteiger partial charge in [0.25, 0.3) is 11.1 Å². The third kappa shape index (κ3) is 6.68. The molecule has 234 valence electrons. The highest BCUT2D eigenvalue weighted by Crippen LogP contribution is 2.30. The van der Waals surface area contributed by atoms with Crippen molar-refractivity contribution in [2.24, 2.45) is 7.05 Å². The predicted octanol–water partition coefficient (Wildman–Crippen LogP) is 3.95. The summed E-state index contributed by atoms with van der Waals surface area (Å²) in [7, 11) is 3.17. The third-order valence-corrected chi connectivity index (χ3v) is 7.48. The molecule has 3 heterocycles. The lowest BCUT2D eigenvalue weighted by Gasteiger charge is -2.20. The second kappa shape index (κ2) is 13.1. The van der Waals surface area contributed by atoms with Gasteiger partial charge in [0, 0.05) is 50.0 Å². The Morgan fingerprint density at radius 2 is 1.84 bits per heavy atom. The third-order valence-electron chi connectivity index (χ3n) is 7.48. The average molecular weight is 614 g/mol. The number of rotatable bonds is 10. The summed E-state index contributed by atoms with van der Waals surface area (Å²) in [4.78, 5) is 31.0. The van der Waals surface area contributed by atoms with E-state index in [1.54, 1.807) is 49.7 Å². The lowest BCUT2D eigenvalue weighted by Crippen LogP contribution is -2.24. The Balaban J connectivity index is 1.52. The van der Waals surface area contributed by atoms with E-state index >= 15 is 4.39 Å². The maximum atomic E-state index is 15.3. The number of pyridine rings is 1. The van der Waals surface area contributed by atoms with E-state index in [0.717, 1.165) is 15.8 Å². The first-order valence-corrected chi connectivity index (χ1v) is 14.5. The van der Waals surface area contributed by atoms with Gasteiger partial charge in [-0.3, -0.25) is 9.59 Å². The van der Waals surface area contributed by atoms with Crippen LogP contribution in [-0.2, 0) is 30.4 Å². The van der Waals surface area contributed by atoms with Crippen LogP contribution in [0, 0.1) is 5.82 Å². The summed E-state index contributed by atoms with van der Waals surface area (Å²) in [5.74, 6) is -0.177. The van der Waals surface area contributed by atoms with E-state index in [1.807, 2.05) is 26.8 Å². The Kier molecular flexibility index (Phi) is 9.19. The van der Waals surface area contributed by atoms with Crippen molar-refractivity contribution < 1.29 is 14.2 Å². The lowest BCUT2D eigenvalue weighted by molar-refractivity contribution is 0.199. The summed E-state index contributed by atoms with van der Waals surface area (Å²) >= 11 is 0. The number of nitrogens with one attached hydrogen (secondary N) is 2. The standard InChI is InChI=1S/C33H36FN7O4/c1-33(2,3)22-13-21-18-37-41(32(44)30(21)25(34)14-22)28-8-6-7-23(24(28)19-42)26-15-27(31(43)40(4)39-26)38-29-10-9-20(17-36-29)16-35-11-12-45-5/h6-10,13-15,17-18,35,42H,11-12,16,19H2,1-5H3,(H,36,38). The summed E-state index contributed by atoms with van der Waals surface area (Å²) in [5.41, 5.74) is 2.00. The van der Waals surface area contributed by atoms with Gasteiger partial charge in [-0.2, -0.15) is 14.9 Å². The van der Waals surface area contributed by atoms with Gasteiger partial charge in [0.2, 0.25) is 0 Å². The predicted molar refractivity (Wildman–Crippen MR) is 171 cm³/mol. The molecule has 3 N–H and O–H groups in total.